The molecule has 2 rings (SSSR count). The number of hydrogen-bond acceptors (Lipinski definition) is 2. The van der Waals surface area contributed by atoms with Crippen molar-refractivity contribution >= 4 is 11.9 Å². The lowest BCUT2D eigenvalue weighted by Crippen LogP contribution is -2.40. The van der Waals surface area contributed by atoms with E-state index in [2.05, 4.69) is 46.5 Å². The second-order valence-corrected chi connectivity index (χ2v) is 6.38. The predicted octanol–water partition coefficient (Wildman–Crippen LogP) is 2.63. The Hall–Kier alpha value is -3.08. The van der Waals surface area contributed by atoms with Crippen LogP contribution in [0.25, 0.3) is 0 Å². The molecule has 2 aromatic rings. The van der Waals surface area contributed by atoms with Crippen molar-refractivity contribution in [3.63, 3.8) is 0 Å². The third kappa shape index (κ3) is 6.62. The number of guanidine groups is 1. The summed E-state index contributed by atoms with van der Waals surface area (Å²) < 4.78 is 0. The summed E-state index contributed by atoms with van der Waals surface area (Å²) in [6.45, 7) is 5.06. The molecule has 142 valence electrons. The van der Waals surface area contributed by atoms with Gasteiger partial charge in [0.2, 0.25) is 5.91 Å². The van der Waals surface area contributed by atoms with Gasteiger partial charge in [-0.3, -0.25) is 4.79 Å². The van der Waals surface area contributed by atoms with Crippen LogP contribution in [0, 0.1) is 0 Å². The van der Waals surface area contributed by atoms with E-state index in [4.69, 9.17) is 0 Å². The Bertz CT molecular complexity index is 702. The van der Waals surface area contributed by atoms with Crippen LogP contribution in [0.3, 0.4) is 0 Å². The fraction of sp³-hybridized carbons (Fsp3) is 0.273. The van der Waals surface area contributed by atoms with E-state index in [1.165, 1.54) is 16.0 Å². The molecule has 0 aliphatic rings. The third-order valence-corrected chi connectivity index (χ3v) is 4.16. The number of aliphatic imine (C=N–C) groups is 1. The van der Waals surface area contributed by atoms with Crippen molar-refractivity contribution in [3.8, 4) is 0 Å². The van der Waals surface area contributed by atoms with Crippen molar-refractivity contribution in [1.82, 2.24) is 15.5 Å². The number of likely N-dealkylation sites (N-methyl/N-ethyl adjacent to an activating group) is 1. The maximum absolute atomic E-state index is 11.8. The molecule has 0 aliphatic heterocycles. The van der Waals surface area contributed by atoms with Gasteiger partial charge in [-0.2, -0.15) is 0 Å². The SMILES string of the molecule is C=CCNC(=NCC(=O)N(C)C)NCC(c1ccccc1)c1ccccc1. The fourth-order valence-electron chi connectivity index (χ4n) is 2.63. The lowest BCUT2D eigenvalue weighted by Gasteiger charge is -2.20. The number of rotatable bonds is 8. The summed E-state index contributed by atoms with van der Waals surface area (Å²) in [7, 11) is 3.45. The van der Waals surface area contributed by atoms with Gasteiger partial charge in [-0.15, -0.1) is 6.58 Å². The minimum absolute atomic E-state index is 0.0441. The fourth-order valence-corrected chi connectivity index (χ4v) is 2.63. The van der Waals surface area contributed by atoms with Gasteiger partial charge in [0.05, 0.1) is 0 Å². The molecular weight excluding hydrogens is 336 g/mol. The first-order chi connectivity index (χ1) is 13.1. The molecule has 0 saturated heterocycles. The number of hydrogen-bond donors (Lipinski definition) is 2. The molecule has 0 radical (unpaired) electrons. The van der Waals surface area contributed by atoms with Crippen molar-refractivity contribution in [2.75, 3.05) is 33.7 Å². The van der Waals surface area contributed by atoms with E-state index in [0.29, 0.717) is 19.0 Å². The van der Waals surface area contributed by atoms with Gasteiger partial charge >= 0.3 is 0 Å². The monoisotopic (exact) mass is 364 g/mol. The molecule has 1 amide bonds. The van der Waals surface area contributed by atoms with Gasteiger partial charge in [-0.05, 0) is 11.1 Å². The van der Waals surface area contributed by atoms with E-state index in [0.717, 1.165) is 0 Å². The maximum atomic E-state index is 11.8. The summed E-state index contributed by atoms with van der Waals surface area (Å²) in [6, 6.07) is 20.7. The summed E-state index contributed by atoms with van der Waals surface area (Å²) in [6.07, 6.45) is 1.76. The molecule has 27 heavy (non-hydrogen) atoms. The van der Waals surface area contributed by atoms with E-state index in [9.17, 15) is 4.79 Å². The summed E-state index contributed by atoms with van der Waals surface area (Å²) in [5, 5.41) is 6.54. The molecule has 2 aromatic carbocycles. The number of carbonyl (C=O) groups excluding carboxylic acids is 1. The highest BCUT2D eigenvalue weighted by molar-refractivity contribution is 5.84. The smallest absolute Gasteiger partial charge is 0.243 e. The van der Waals surface area contributed by atoms with E-state index < -0.39 is 0 Å². The molecule has 2 N–H and O–H groups in total. The van der Waals surface area contributed by atoms with Gasteiger partial charge in [0.25, 0.3) is 0 Å². The zero-order valence-corrected chi connectivity index (χ0v) is 16.1. The molecule has 0 aliphatic carbocycles. The van der Waals surface area contributed by atoms with E-state index >= 15 is 0 Å². The number of nitrogens with one attached hydrogen (secondary N) is 2. The van der Waals surface area contributed by atoms with Crippen LogP contribution in [0.5, 0.6) is 0 Å². The van der Waals surface area contributed by atoms with Crippen molar-refractivity contribution in [3.05, 3.63) is 84.4 Å². The molecule has 0 bridgehead atoms. The molecule has 0 unspecified atom stereocenters. The summed E-state index contributed by atoms with van der Waals surface area (Å²) in [5.41, 5.74) is 2.45. The Kier molecular flexibility index (Phi) is 8.10. The van der Waals surface area contributed by atoms with E-state index in [1.807, 2.05) is 36.4 Å². The third-order valence-electron chi connectivity index (χ3n) is 4.16. The zero-order valence-electron chi connectivity index (χ0n) is 16.1. The zero-order chi connectivity index (χ0) is 19.5. The van der Waals surface area contributed by atoms with Crippen LogP contribution >= 0.6 is 0 Å². The normalized spacial score (nSPS) is 11.1. The quantitative estimate of drug-likeness (QED) is 0.430. The van der Waals surface area contributed by atoms with E-state index in [-0.39, 0.29) is 18.4 Å². The second-order valence-electron chi connectivity index (χ2n) is 6.38. The highest BCUT2D eigenvalue weighted by Crippen LogP contribution is 2.23. The average molecular weight is 364 g/mol. The summed E-state index contributed by atoms with van der Waals surface area (Å²) in [5.74, 6) is 0.729. The number of benzene rings is 2. The Morgan fingerprint density at radius 2 is 1.59 bits per heavy atom. The highest BCUT2D eigenvalue weighted by Gasteiger charge is 2.14. The van der Waals surface area contributed by atoms with Crippen LogP contribution in [-0.2, 0) is 4.79 Å². The molecule has 0 fully saturated rings. The lowest BCUT2D eigenvalue weighted by atomic mass is 9.91. The van der Waals surface area contributed by atoms with Gasteiger partial charge in [0.15, 0.2) is 5.96 Å². The molecule has 0 atom stereocenters. The molecular formula is C22H28N4O. The Labute approximate surface area is 161 Å². The van der Waals surface area contributed by atoms with Crippen LogP contribution in [-0.4, -0.2) is 50.5 Å². The molecule has 0 spiro atoms. The van der Waals surface area contributed by atoms with Gasteiger partial charge in [0, 0.05) is 33.1 Å². The van der Waals surface area contributed by atoms with Crippen LogP contribution in [0.2, 0.25) is 0 Å². The summed E-state index contributed by atoms with van der Waals surface area (Å²) >= 11 is 0. The second kappa shape index (κ2) is 10.8. The Morgan fingerprint density at radius 1 is 1.04 bits per heavy atom. The highest BCUT2D eigenvalue weighted by atomic mass is 16.2. The number of amides is 1. The Morgan fingerprint density at radius 3 is 2.07 bits per heavy atom. The summed E-state index contributed by atoms with van der Waals surface area (Å²) in [4.78, 5) is 17.8. The van der Waals surface area contributed by atoms with Gasteiger partial charge in [0.1, 0.15) is 6.54 Å². The van der Waals surface area contributed by atoms with Gasteiger partial charge in [-0.1, -0.05) is 66.7 Å². The van der Waals surface area contributed by atoms with Crippen molar-refractivity contribution < 1.29 is 4.79 Å². The topological polar surface area (TPSA) is 56.7 Å². The van der Waals surface area contributed by atoms with Crippen LogP contribution in [0.4, 0.5) is 0 Å². The number of nitrogens with zero attached hydrogens (tertiary/aromatic N) is 2. The van der Waals surface area contributed by atoms with Gasteiger partial charge < -0.3 is 15.5 Å². The molecule has 0 saturated carbocycles. The van der Waals surface area contributed by atoms with Crippen molar-refractivity contribution in [2.24, 2.45) is 4.99 Å². The van der Waals surface area contributed by atoms with Crippen molar-refractivity contribution in [1.29, 1.82) is 0 Å². The van der Waals surface area contributed by atoms with E-state index in [1.54, 1.807) is 20.2 Å². The minimum Gasteiger partial charge on any atom is -0.355 e. The standard InChI is InChI=1S/C22H28N4O/c1-4-15-23-22(25-17-21(27)26(2)3)24-16-20(18-11-7-5-8-12-18)19-13-9-6-10-14-19/h4-14,20H,1,15-17H2,2-3H3,(H2,23,24,25). The Balaban J connectivity index is 2.15. The average Bonchev–Trinajstić information content (AvgIpc) is 2.70. The van der Waals surface area contributed by atoms with Crippen LogP contribution in [0.15, 0.2) is 78.3 Å². The predicted molar refractivity (Wildman–Crippen MR) is 112 cm³/mol. The lowest BCUT2D eigenvalue weighted by molar-refractivity contribution is -0.127. The largest absolute Gasteiger partial charge is 0.355 e. The molecule has 5 nitrogen and oxygen atoms in total. The van der Waals surface area contributed by atoms with Crippen LogP contribution < -0.4 is 10.6 Å². The minimum atomic E-state index is -0.0441. The molecule has 0 aromatic heterocycles. The van der Waals surface area contributed by atoms with Gasteiger partial charge in [-0.25, -0.2) is 4.99 Å². The van der Waals surface area contributed by atoms with Crippen LogP contribution in [0.1, 0.15) is 17.0 Å². The number of carbonyl (C=O) groups is 1. The first-order valence-corrected chi connectivity index (χ1v) is 9.05. The van der Waals surface area contributed by atoms with Crippen molar-refractivity contribution in [2.45, 2.75) is 5.92 Å². The first-order valence-electron chi connectivity index (χ1n) is 9.05. The molecule has 5 heteroatoms. The maximum Gasteiger partial charge on any atom is 0.243 e. The molecule has 0 heterocycles. The first kappa shape index (κ1) is 20.2.